The van der Waals surface area contributed by atoms with Gasteiger partial charge in [0.15, 0.2) is 0 Å². The van der Waals surface area contributed by atoms with Crippen LogP contribution in [0.15, 0.2) is 48.0 Å². The molecular weight excluding hydrogens is 418 g/mol. The lowest BCUT2D eigenvalue weighted by molar-refractivity contribution is -0.00803. The van der Waals surface area contributed by atoms with Crippen molar-refractivity contribution in [3.8, 4) is 0 Å². The summed E-state index contributed by atoms with van der Waals surface area (Å²) in [4.78, 5) is 23.7. The lowest BCUT2D eigenvalue weighted by Crippen LogP contribution is -2.58. The van der Waals surface area contributed by atoms with Crippen LogP contribution in [0.1, 0.15) is 43.7 Å². The quantitative estimate of drug-likeness (QED) is 0.727. The fourth-order valence-electron chi connectivity index (χ4n) is 4.84. The third-order valence-corrected chi connectivity index (χ3v) is 6.76. The molecule has 1 fully saturated rings. The number of allylic oxidation sites excluding steroid dienone is 2. The van der Waals surface area contributed by atoms with Gasteiger partial charge in [-0.1, -0.05) is 24.1 Å². The van der Waals surface area contributed by atoms with Crippen LogP contribution in [0.2, 0.25) is 0 Å². The third kappa shape index (κ3) is 4.78. The summed E-state index contributed by atoms with van der Waals surface area (Å²) in [5, 5.41) is 10.7. The van der Waals surface area contributed by atoms with Gasteiger partial charge < -0.3 is 20.3 Å². The monoisotopic (exact) mass is 449 g/mol. The van der Waals surface area contributed by atoms with E-state index in [-0.39, 0.29) is 24.1 Å². The van der Waals surface area contributed by atoms with E-state index in [1.54, 1.807) is 24.2 Å². The molecule has 0 bridgehead atoms. The number of urea groups is 1. The average molecular weight is 450 g/mol. The van der Waals surface area contributed by atoms with Crippen molar-refractivity contribution in [1.82, 2.24) is 30.0 Å². The number of likely N-dealkylation sites (tertiary alicyclic amines) is 1. The van der Waals surface area contributed by atoms with Crippen molar-refractivity contribution in [3.63, 3.8) is 0 Å². The topological polar surface area (TPSA) is 97.2 Å². The predicted octanol–water partition coefficient (Wildman–Crippen LogP) is 3.28. The highest BCUT2D eigenvalue weighted by molar-refractivity contribution is 5.76. The summed E-state index contributed by atoms with van der Waals surface area (Å²) in [7, 11) is 3.57. The number of ether oxygens (including phenoxy) is 1. The molecule has 1 saturated heterocycles. The van der Waals surface area contributed by atoms with Crippen molar-refractivity contribution in [2.45, 2.75) is 50.2 Å². The number of nitrogens with zero attached hydrogens (tertiary/aromatic N) is 5. The van der Waals surface area contributed by atoms with Crippen LogP contribution < -0.4 is 10.6 Å². The molecule has 9 nitrogen and oxygen atoms in total. The van der Waals surface area contributed by atoms with Gasteiger partial charge in [-0.15, -0.1) is 0 Å². The molecule has 9 heteroatoms. The van der Waals surface area contributed by atoms with Gasteiger partial charge in [0.25, 0.3) is 0 Å². The molecule has 2 aliphatic carbocycles. The number of carbonyl (C=O) groups excluding carboxylic acids is 1. The van der Waals surface area contributed by atoms with Gasteiger partial charge in [-0.05, 0) is 37.3 Å². The van der Waals surface area contributed by atoms with Crippen LogP contribution in [0.3, 0.4) is 0 Å². The van der Waals surface area contributed by atoms with E-state index in [0.29, 0.717) is 19.0 Å². The number of aromatic nitrogens is 4. The molecule has 3 aliphatic rings. The summed E-state index contributed by atoms with van der Waals surface area (Å²) in [6.45, 7) is 1.34. The zero-order valence-electron chi connectivity index (χ0n) is 19.2. The largest absolute Gasteiger partial charge is 0.378 e. The molecule has 3 heterocycles. The van der Waals surface area contributed by atoms with E-state index >= 15 is 0 Å². The minimum atomic E-state index is 0.0134. The number of aryl methyl sites for hydroxylation is 1. The SMILES string of the molecule is COC1CN(C(=O)NC2CCCCC3=C2C=CC(c2ccnc(Nc4cnn(C)c4)n2)C3)C1. The maximum Gasteiger partial charge on any atom is 0.318 e. The van der Waals surface area contributed by atoms with Crippen LogP contribution in [0.4, 0.5) is 16.4 Å². The fourth-order valence-corrected chi connectivity index (χ4v) is 4.84. The lowest BCUT2D eigenvalue weighted by atomic mass is 9.84. The Morgan fingerprint density at radius 2 is 2.15 bits per heavy atom. The van der Waals surface area contributed by atoms with E-state index in [2.05, 4.69) is 32.9 Å². The van der Waals surface area contributed by atoms with Crippen LogP contribution in [-0.2, 0) is 11.8 Å². The van der Waals surface area contributed by atoms with E-state index in [1.165, 1.54) is 11.1 Å². The van der Waals surface area contributed by atoms with Gasteiger partial charge in [0.2, 0.25) is 5.95 Å². The van der Waals surface area contributed by atoms with Gasteiger partial charge >= 0.3 is 6.03 Å². The molecule has 0 saturated carbocycles. The number of hydrogen-bond donors (Lipinski definition) is 2. The molecule has 5 rings (SSSR count). The highest BCUT2D eigenvalue weighted by atomic mass is 16.5. The molecule has 2 unspecified atom stereocenters. The van der Waals surface area contributed by atoms with Crippen LogP contribution in [0, 0.1) is 0 Å². The van der Waals surface area contributed by atoms with Crippen molar-refractivity contribution in [1.29, 1.82) is 0 Å². The molecule has 0 radical (unpaired) electrons. The molecule has 2 N–H and O–H groups in total. The van der Waals surface area contributed by atoms with E-state index in [4.69, 9.17) is 9.72 Å². The van der Waals surface area contributed by atoms with Gasteiger partial charge in [0, 0.05) is 32.5 Å². The maximum absolute atomic E-state index is 12.7. The summed E-state index contributed by atoms with van der Waals surface area (Å²) in [5.41, 5.74) is 4.57. The van der Waals surface area contributed by atoms with Gasteiger partial charge in [-0.3, -0.25) is 4.68 Å². The van der Waals surface area contributed by atoms with Crippen molar-refractivity contribution in [3.05, 3.63) is 53.6 Å². The first-order valence-electron chi connectivity index (χ1n) is 11.7. The Hall–Kier alpha value is -3.20. The van der Waals surface area contributed by atoms with E-state index in [9.17, 15) is 4.79 Å². The second-order valence-electron chi connectivity index (χ2n) is 9.07. The fraction of sp³-hybridized carbons (Fsp3) is 0.500. The maximum atomic E-state index is 12.7. The van der Waals surface area contributed by atoms with Gasteiger partial charge in [0.1, 0.15) is 0 Å². The number of amides is 2. The van der Waals surface area contributed by atoms with Crippen LogP contribution >= 0.6 is 0 Å². The molecule has 0 spiro atoms. The molecule has 2 aromatic rings. The Morgan fingerprint density at radius 3 is 2.94 bits per heavy atom. The Morgan fingerprint density at radius 1 is 1.27 bits per heavy atom. The number of carbonyl (C=O) groups is 1. The third-order valence-electron chi connectivity index (χ3n) is 6.76. The number of methoxy groups -OCH3 is 1. The lowest BCUT2D eigenvalue weighted by Gasteiger charge is -2.39. The Kier molecular flexibility index (Phi) is 6.13. The normalized spacial score (nSPS) is 23.0. The molecule has 2 aromatic heterocycles. The zero-order chi connectivity index (χ0) is 22.8. The molecule has 174 valence electrons. The van der Waals surface area contributed by atoms with E-state index < -0.39 is 0 Å². The summed E-state index contributed by atoms with van der Waals surface area (Å²) < 4.78 is 7.04. The first-order valence-corrected chi connectivity index (χ1v) is 11.7. The summed E-state index contributed by atoms with van der Waals surface area (Å²) in [6, 6.07) is 2.07. The second kappa shape index (κ2) is 9.35. The van der Waals surface area contributed by atoms with Crippen LogP contribution in [-0.4, -0.2) is 63.0 Å². The Bertz CT molecular complexity index is 1070. The zero-order valence-corrected chi connectivity index (χ0v) is 19.2. The minimum Gasteiger partial charge on any atom is -0.378 e. The molecule has 33 heavy (non-hydrogen) atoms. The second-order valence-corrected chi connectivity index (χ2v) is 9.07. The number of nitrogens with one attached hydrogen (secondary N) is 2. The average Bonchev–Trinajstić information content (AvgIpc) is 3.08. The summed E-state index contributed by atoms with van der Waals surface area (Å²) >= 11 is 0. The van der Waals surface area contributed by atoms with Crippen molar-refractivity contribution in [2.75, 3.05) is 25.5 Å². The van der Waals surface area contributed by atoms with Crippen LogP contribution in [0.25, 0.3) is 0 Å². The van der Waals surface area contributed by atoms with Crippen molar-refractivity contribution >= 4 is 17.7 Å². The van der Waals surface area contributed by atoms with Gasteiger partial charge in [0.05, 0.1) is 42.8 Å². The Balaban J connectivity index is 1.27. The predicted molar refractivity (Wildman–Crippen MR) is 125 cm³/mol. The molecule has 1 aliphatic heterocycles. The van der Waals surface area contributed by atoms with Gasteiger partial charge in [-0.25, -0.2) is 14.8 Å². The van der Waals surface area contributed by atoms with E-state index in [1.807, 2.05) is 24.2 Å². The Labute approximate surface area is 193 Å². The molecular formula is C24H31N7O2. The first-order chi connectivity index (χ1) is 16.1. The number of anilines is 2. The standard InChI is InChI=1S/C24H31N7O2/c1-30-13-18(12-26-30)27-23-25-10-9-21(28-23)17-7-8-20-16(11-17)5-3-4-6-22(20)29-24(32)31-14-19(15-31)33-2/h7-10,12-13,17,19,22H,3-6,11,14-15H2,1-2H3,(H,29,32)(H,25,27,28). The number of hydrogen-bond acceptors (Lipinski definition) is 6. The smallest absolute Gasteiger partial charge is 0.318 e. The number of rotatable bonds is 5. The van der Waals surface area contributed by atoms with E-state index in [0.717, 1.165) is 43.5 Å². The van der Waals surface area contributed by atoms with Gasteiger partial charge in [-0.2, -0.15) is 5.10 Å². The molecule has 2 atom stereocenters. The molecule has 0 aromatic carbocycles. The van der Waals surface area contributed by atoms with Crippen molar-refractivity contribution < 1.29 is 9.53 Å². The van der Waals surface area contributed by atoms with Crippen molar-refractivity contribution in [2.24, 2.45) is 7.05 Å². The molecule has 2 amide bonds. The van der Waals surface area contributed by atoms with Crippen LogP contribution in [0.5, 0.6) is 0 Å². The summed E-state index contributed by atoms with van der Waals surface area (Å²) in [6.07, 6.45) is 15.3. The minimum absolute atomic E-state index is 0.0134. The summed E-state index contributed by atoms with van der Waals surface area (Å²) in [5.74, 6) is 0.775. The highest BCUT2D eigenvalue weighted by Gasteiger charge is 2.33. The highest BCUT2D eigenvalue weighted by Crippen LogP contribution is 2.37. The first kappa shape index (κ1) is 21.6.